The van der Waals surface area contributed by atoms with E-state index < -0.39 is 11.9 Å². The monoisotopic (exact) mass is 625 g/mol. The molecular formula is C39H47NO6. The lowest BCUT2D eigenvalue weighted by atomic mass is 9.63. The minimum Gasteiger partial charge on any atom is -0.490 e. The fourth-order valence-electron chi connectivity index (χ4n) is 7.28. The zero-order chi connectivity index (χ0) is 33.4. The Hall–Kier alpha value is -4.13. The quantitative estimate of drug-likeness (QED) is 0.254. The van der Waals surface area contributed by atoms with Crippen LogP contribution in [-0.2, 0) is 27.4 Å². The van der Waals surface area contributed by atoms with Gasteiger partial charge in [0.1, 0.15) is 6.61 Å². The summed E-state index contributed by atoms with van der Waals surface area (Å²) in [6.45, 7) is 17.3. The Balaban J connectivity index is 1.71. The number of hydrogen-bond acceptors (Lipinski definition) is 6. The van der Waals surface area contributed by atoms with Gasteiger partial charge in [-0.25, -0.2) is 0 Å². The smallest absolute Gasteiger partial charge is 0.305 e. The third-order valence-corrected chi connectivity index (χ3v) is 9.23. The van der Waals surface area contributed by atoms with Crippen LogP contribution in [0.4, 0.5) is 0 Å². The summed E-state index contributed by atoms with van der Waals surface area (Å²) in [5, 5.41) is 9.67. The van der Waals surface area contributed by atoms with Crippen molar-refractivity contribution in [1.29, 1.82) is 0 Å². The Morgan fingerprint density at radius 3 is 2.07 bits per heavy atom. The van der Waals surface area contributed by atoms with E-state index >= 15 is 0 Å². The van der Waals surface area contributed by atoms with Gasteiger partial charge in [0.2, 0.25) is 0 Å². The summed E-state index contributed by atoms with van der Waals surface area (Å²) in [7, 11) is 0. The molecule has 1 aliphatic heterocycles. The molecule has 0 amide bonds. The average molecular weight is 626 g/mol. The topological polar surface area (TPSA) is 93.1 Å². The normalized spacial score (nSPS) is 19.1. The number of carboxylic acid groups (broad SMARTS) is 1. The lowest BCUT2D eigenvalue weighted by Crippen LogP contribution is -2.45. The number of aryl methyl sites for hydroxylation is 1. The molecule has 2 aliphatic carbocycles. The Labute approximate surface area is 273 Å². The molecule has 2 aromatic carbocycles. The van der Waals surface area contributed by atoms with Crippen LogP contribution in [-0.4, -0.2) is 40.7 Å². The largest absolute Gasteiger partial charge is 0.490 e. The van der Waals surface area contributed by atoms with Crippen LogP contribution in [0.1, 0.15) is 94.9 Å². The van der Waals surface area contributed by atoms with Gasteiger partial charge in [0.05, 0.1) is 13.0 Å². The second kappa shape index (κ2) is 12.9. The first-order chi connectivity index (χ1) is 21.7. The van der Waals surface area contributed by atoms with Crippen molar-refractivity contribution in [2.24, 2.45) is 10.8 Å². The molecule has 0 saturated carbocycles. The van der Waals surface area contributed by atoms with Crippen LogP contribution in [0.5, 0.6) is 11.5 Å². The standard InChI is InChI=1S/C39H47NO6/c1-8-10-26-17-27(18-32(45-9-2)37(26)46-23-25-13-11-24(3)12-14-25)34-35-28(19-38(4,5)21-30(35)41)40(16-15-33(43)44)29-20-39(6,7)22-31(42)36(29)34/h8,11-14,17-18,34H,1,9-10,15-16,19-23H2,2-7H3,(H,43,44). The SMILES string of the molecule is C=CCc1cc(C2C3=C(CC(C)(C)CC3=O)N(CCC(=O)O)C3=C2C(=O)CC(C)(C)C3)cc(OCC)c1OCc1ccc(C)cc1. The van der Waals surface area contributed by atoms with E-state index in [1.54, 1.807) is 0 Å². The highest BCUT2D eigenvalue weighted by atomic mass is 16.5. The maximum absolute atomic E-state index is 14.2. The minimum atomic E-state index is -0.911. The van der Waals surface area contributed by atoms with E-state index in [4.69, 9.17) is 9.47 Å². The van der Waals surface area contributed by atoms with Crippen LogP contribution in [0.3, 0.4) is 0 Å². The van der Waals surface area contributed by atoms with Crippen molar-refractivity contribution in [2.45, 2.75) is 92.6 Å². The number of ether oxygens (including phenoxy) is 2. The number of carbonyl (C=O) groups is 3. The van der Waals surface area contributed by atoms with E-state index in [1.807, 2.05) is 49.1 Å². The zero-order valence-corrected chi connectivity index (χ0v) is 28.1. The zero-order valence-electron chi connectivity index (χ0n) is 28.1. The van der Waals surface area contributed by atoms with E-state index in [0.717, 1.165) is 28.1 Å². The Morgan fingerprint density at radius 1 is 0.957 bits per heavy atom. The van der Waals surface area contributed by atoms with Crippen molar-refractivity contribution >= 4 is 17.5 Å². The number of aliphatic carboxylic acids is 1. The van der Waals surface area contributed by atoms with Gasteiger partial charge in [0, 0.05) is 53.4 Å². The van der Waals surface area contributed by atoms with Gasteiger partial charge in [-0.2, -0.15) is 0 Å². The minimum absolute atomic E-state index is 0.00341. The third-order valence-electron chi connectivity index (χ3n) is 9.23. The number of ketones is 2. The van der Waals surface area contributed by atoms with Crippen molar-refractivity contribution in [3.05, 3.63) is 93.8 Å². The van der Waals surface area contributed by atoms with Gasteiger partial charge in [-0.1, -0.05) is 69.7 Å². The van der Waals surface area contributed by atoms with Crippen LogP contribution in [0, 0.1) is 17.8 Å². The van der Waals surface area contributed by atoms with Gasteiger partial charge in [-0.15, -0.1) is 6.58 Å². The molecule has 3 aliphatic rings. The van der Waals surface area contributed by atoms with E-state index in [9.17, 15) is 19.5 Å². The molecule has 244 valence electrons. The predicted molar refractivity (Wildman–Crippen MR) is 179 cm³/mol. The van der Waals surface area contributed by atoms with Gasteiger partial charge in [-0.3, -0.25) is 14.4 Å². The van der Waals surface area contributed by atoms with E-state index in [2.05, 4.69) is 46.4 Å². The van der Waals surface area contributed by atoms with E-state index in [0.29, 0.717) is 68.0 Å². The molecule has 2 aromatic rings. The second-order valence-electron chi connectivity index (χ2n) is 14.5. The van der Waals surface area contributed by atoms with Crippen molar-refractivity contribution in [2.75, 3.05) is 13.2 Å². The average Bonchev–Trinajstić information content (AvgIpc) is 2.95. The van der Waals surface area contributed by atoms with Crippen LogP contribution in [0.2, 0.25) is 0 Å². The van der Waals surface area contributed by atoms with Crippen molar-refractivity contribution in [3.8, 4) is 11.5 Å². The van der Waals surface area contributed by atoms with Gasteiger partial charge < -0.3 is 19.5 Å². The second-order valence-corrected chi connectivity index (χ2v) is 14.5. The number of rotatable bonds is 11. The summed E-state index contributed by atoms with van der Waals surface area (Å²) in [6, 6.07) is 12.2. The first-order valence-electron chi connectivity index (χ1n) is 16.3. The third kappa shape index (κ3) is 6.84. The molecule has 0 aromatic heterocycles. The molecule has 0 unspecified atom stereocenters. The van der Waals surface area contributed by atoms with Crippen LogP contribution in [0.25, 0.3) is 0 Å². The summed E-state index contributed by atoms with van der Waals surface area (Å²) < 4.78 is 12.6. The Morgan fingerprint density at radius 2 is 1.54 bits per heavy atom. The summed E-state index contributed by atoms with van der Waals surface area (Å²) in [5.74, 6) is -0.292. The fraction of sp³-hybridized carbons (Fsp3) is 0.462. The maximum atomic E-state index is 14.2. The number of benzene rings is 2. The van der Waals surface area contributed by atoms with Gasteiger partial charge in [0.15, 0.2) is 23.1 Å². The first kappa shape index (κ1) is 33.2. The molecular weight excluding hydrogens is 578 g/mol. The highest BCUT2D eigenvalue weighted by molar-refractivity contribution is 6.07. The number of carboxylic acids is 1. The molecule has 0 radical (unpaired) electrons. The van der Waals surface area contributed by atoms with Crippen molar-refractivity contribution in [3.63, 3.8) is 0 Å². The number of hydrogen-bond donors (Lipinski definition) is 1. The molecule has 1 heterocycles. The van der Waals surface area contributed by atoms with Gasteiger partial charge >= 0.3 is 5.97 Å². The van der Waals surface area contributed by atoms with Gasteiger partial charge in [-0.05, 0) is 61.1 Å². The number of carbonyl (C=O) groups excluding carboxylic acids is 2. The lowest BCUT2D eigenvalue weighted by Gasteiger charge is -2.49. The summed E-state index contributed by atoms with van der Waals surface area (Å²) >= 11 is 0. The van der Waals surface area contributed by atoms with Crippen LogP contribution < -0.4 is 9.47 Å². The fourth-order valence-corrected chi connectivity index (χ4v) is 7.28. The molecule has 7 nitrogen and oxygen atoms in total. The van der Waals surface area contributed by atoms with Crippen molar-refractivity contribution in [1.82, 2.24) is 4.90 Å². The predicted octanol–water partition coefficient (Wildman–Crippen LogP) is 7.86. The molecule has 46 heavy (non-hydrogen) atoms. The van der Waals surface area contributed by atoms with Crippen LogP contribution >= 0.6 is 0 Å². The lowest BCUT2D eigenvalue weighted by molar-refractivity contribution is -0.137. The Bertz CT molecular complexity index is 1570. The van der Waals surface area contributed by atoms with Crippen molar-refractivity contribution < 1.29 is 29.0 Å². The van der Waals surface area contributed by atoms with E-state index in [1.165, 1.54) is 5.56 Å². The highest BCUT2D eigenvalue weighted by Crippen LogP contribution is 2.55. The molecule has 0 bridgehead atoms. The first-order valence-corrected chi connectivity index (χ1v) is 16.3. The molecule has 1 N–H and O–H groups in total. The molecule has 0 spiro atoms. The molecule has 7 heteroatoms. The highest BCUT2D eigenvalue weighted by Gasteiger charge is 2.49. The summed E-state index contributed by atoms with van der Waals surface area (Å²) in [5.41, 5.74) is 6.19. The number of nitrogens with zero attached hydrogens (tertiary/aromatic N) is 1. The van der Waals surface area contributed by atoms with Gasteiger partial charge in [0.25, 0.3) is 0 Å². The Kier molecular flexibility index (Phi) is 9.35. The summed E-state index contributed by atoms with van der Waals surface area (Å²) in [4.78, 5) is 42.2. The molecule has 0 atom stereocenters. The molecule has 0 saturated heterocycles. The number of allylic oxidation sites excluding steroid dienone is 5. The molecule has 0 fully saturated rings. The summed E-state index contributed by atoms with van der Waals surface area (Å²) in [6.07, 6.45) is 4.18. The number of Topliss-reactive ketones (excluding diaryl/α,β-unsaturated/α-hetero) is 2. The maximum Gasteiger partial charge on any atom is 0.305 e. The van der Waals surface area contributed by atoms with Crippen LogP contribution in [0.15, 0.2) is 71.6 Å². The van der Waals surface area contributed by atoms with E-state index in [-0.39, 0.29) is 35.4 Å². The molecule has 5 rings (SSSR count).